The second kappa shape index (κ2) is 6.06. The number of aryl methyl sites for hydroxylation is 2. The minimum absolute atomic E-state index is 0.0178. The molecule has 1 rings (SSSR count). The summed E-state index contributed by atoms with van der Waals surface area (Å²) in [5.41, 5.74) is 0.779. The number of aromatic nitrogens is 2. The van der Waals surface area contributed by atoms with Crippen molar-refractivity contribution in [3.63, 3.8) is 0 Å². The lowest BCUT2D eigenvalue weighted by atomic mass is 9.89. The van der Waals surface area contributed by atoms with Crippen molar-refractivity contribution in [3.8, 4) is 0 Å². The summed E-state index contributed by atoms with van der Waals surface area (Å²) in [5.74, 6) is -0.404. The minimum atomic E-state index is -0.956. The van der Waals surface area contributed by atoms with E-state index in [1.807, 2.05) is 0 Å². The predicted octanol–water partition coefficient (Wildman–Crippen LogP) is 1.90. The Balaban J connectivity index is 2.80. The van der Waals surface area contributed by atoms with E-state index in [0.717, 1.165) is 6.42 Å². The van der Waals surface area contributed by atoms with Gasteiger partial charge >= 0.3 is 5.97 Å². The third-order valence-electron chi connectivity index (χ3n) is 3.15. The molecule has 0 aliphatic carbocycles. The van der Waals surface area contributed by atoms with Crippen molar-refractivity contribution in [2.24, 2.45) is 12.5 Å². The number of hydrogen-bond acceptors (Lipinski definition) is 4. The summed E-state index contributed by atoms with van der Waals surface area (Å²) < 4.78 is 6.65. The maximum Gasteiger partial charge on any atom is 0.341 e. The molecule has 6 nitrogen and oxygen atoms in total. The Labute approximate surface area is 113 Å². The van der Waals surface area contributed by atoms with Gasteiger partial charge in [-0.25, -0.2) is 4.79 Å². The molecule has 0 saturated heterocycles. The number of carbonyl (C=O) groups is 1. The molecule has 108 valence electrons. The molecule has 0 aliphatic heterocycles. The highest BCUT2D eigenvalue weighted by atomic mass is 16.5. The van der Waals surface area contributed by atoms with Crippen LogP contribution in [0, 0.1) is 12.3 Å². The number of carboxylic acid groups (broad SMARTS) is 1. The third kappa shape index (κ3) is 3.96. The lowest BCUT2D eigenvalue weighted by Crippen LogP contribution is -2.26. The average Bonchev–Trinajstić information content (AvgIpc) is 2.59. The monoisotopic (exact) mass is 269 g/mol. The maximum atomic E-state index is 11.2. The molecule has 0 bridgehead atoms. The van der Waals surface area contributed by atoms with Gasteiger partial charge < -0.3 is 15.2 Å². The zero-order valence-electron chi connectivity index (χ0n) is 12.3. The van der Waals surface area contributed by atoms with E-state index >= 15 is 0 Å². The Hall–Kier alpha value is -1.56. The quantitative estimate of drug-likeness (QED) is 0.790. The van der Waals surface area contributed by atoms with Crippen molar-refractivity contribution in [3.05, 3.63) is 11.3 Å². The van der Waals surface area contributed by atoms with Gasteiger partial charge in [0.1, 0.15) is 11.4 Å². The van der Waals surface area contributed by atoms with Crippen LogP contribution in [-0.2, 0) is 11.8 Å². The van der Waals surface area contributed by atoms with Crippen LogP contribution < -0.4 is 5.32 Å². The normalized spacial score (nSPS) is 11.6. The lowest BCUT2D eigenvalue weighted by Gasteiger charge is -2.25. The molecule has 1 heterocycles. The number of carboxylic acids is 1. The summed E-state index contributed by atoms with van der Waals surface area (Å²) in [7, 11) is 3.42. The van der Waals surface area contributed by atoms with E-state index in [9.17, 15) is 9.90 Å². The van der Waals surface area contributed by atoms with Crippen LogP contribution >= 0.6 is 0 Å². The van der Waals surface area contributed by atoms with Crippen LogP contribution in [0.4, 0.5) is 5.82 Å². The van der Waals surface area contributed by atoms with Gasteiger partial charge in [0.25, 0.3) is 0 Å². The van der Waals surface area contributed by atoms with Crippen LogP contribution in [0.3, 0.4) is 0 Å². The molecule has 19 heavy (non-hydrogen) atoms. The van der Waals surface area contributed by atoms with Gasteiger partial charge in [-0.15, -0.1) is 0 Å². The van der Waals surface area contributed by atoms with Crippen LogP contribution in [0.5, 0.6) is 0 Å². The van der Waals surface area contributed by atoms with Crippen molar-refractivity contribution in [2.75, 3.05) is 25.6 Å². The molecular weight excluding hydrogens is 246 g/mol. The second-order valence-corrected chi connectivity index (χ2v) is 5.50. The first-order valence-electron chi connectivity index (χ1n) is 6.28. The van der Waals surface area contributed by atoms with Crippen molar-refractivity contribution in [2.45, 2.75) is 27.2 Å². The highest BCUT2D eigenvalue weighted by molar-refractivity contribution is 5.94. The summed E-state index contributed by atoms with van der Waals surface area (Å²) in [6.45, 7) is 7.27. The molecule has 0 atom stereocenters. The molecule has 1 aromatic heterocycles. The average molecular weight is 269 g/mol. The van der Waals surface area contributed by atoms with Crippen molar-refractivity contribution in [1.82, 2.24) is 9.78 Å². The molecule has 6 heteroatoms. The number of aromatic carboxylic acids is 1. The third-order valence-corrected chi connectivity index (χ3v) is 3.15. The number of rotatable bonds is 7. The van der Waals surface area contributed by atoms with Crippen molar-refractivity contribution in [1.29, 1.82) is 0 Å². The smallest absolute Gasteiger partial charge is 0.341 e. The molecule has 0 radical (unpaired) electrons. The van der Waals surface area contributed by atoms with Gasteiger partial charge in [-0.05, 0) is 18.8 Å². The van der Waals surface area contributed by atoms with Crippen LogP contribution in [0.25, 0.3) is 0 Å². The zero-order valence-corrected chi connectivity index (χ0v) is 12.3. The Morgan fingerprint density at radius 1 is 1.53 bits per heavy atom. The first-order chi connectivity index (χ1) is 8.78. The first-order valence-corrected chi connectivity index (χ1v) is 6.28. The van der Waals surface area contributed by atoms with E-state index in [1.54, 1.807) is 25.8 Å². The summed E-state index contributed by atoms with van der Waals surface area (Å²) in [6.07, 6.45) is 0.899. The van der Waals surface area contributed by atoms with E-state index in [-0.39, 0.29) is 11.0 Å². The molecule has 0 saturated carbocycles. The standard InChI is InChI=1S/C13H23N3O3/c1-9-10(12(17)18)11(16(4)15-9)14-8-13(2,3)6-7-19-5/h14H,6-8H2,1-5H3,(H,17,18). The topological polar surface area (TPSA) is 76.4 Å². The number of anilines is 1. The van der Waals surface area contributed by atoms with E-state index in [0.29, 0.717) is 24.7 Å². The van der Waals surface area contributed by atoms with Gasteiger partial charge in [0, 0.05) is 27.3 Å². The highest BCUT2D eigenvalue weighted by Crippen LogP contribution is 2.24. The number of ether oxygens (including phenoxy) is 1. The SMILES string of the molecule is COCCC(C)(C)CNc1c(C(=O)O)c(C)nn1C. The van der Waals surface area contributed by atoms with Crippen LogP contribution in [-0.4, -0.2) is 41.1 Å². The largest absolute Gasteiger partial charge is 0.477 e. The first kappa shape index (κ1) is 15.5. The Bertz CT molecular complexity index is 452. The fraction of sp³-hybridized carbons (Fsp3) is 0.692. The van der Waals surface area contributed by atoms with Gasteiger partial charge in [0.15, 0.2) is 0 Å². The Kier molecular flexibility index (Phi) is 4.94. The molecule has 0 fully saturated rings. The van der Waals surface area contributed by atoms with Gasteiger partial charge in [-0.1, -0.05) is 13.8 Å². The Morgan fingerprint density at radius 3 is 2.68 bits per heavy atom. The van der Waals surface area contributed by atoms with Crippen molar-refractivity contribution < 1.29 is 14.6 Å². The van der Waals surface area contributed by atoms with Crippen molar-refractivity contribution >= 4 is 11.8 Å². The lowest BCUT2D eigenvalue weighted by molar-refractivity contribution is 0.0697. The molecule has 1 aromatic rings. The maximum absolute atomic E-state index is 11.2. The molecule has 0 unspecified atom stereocenters. The zero-order chi connectivity index (χ0) is 14.6. The predicted molar refractivity (Wildman–Crippen MR) is 73.7 cm³/mol. The molecule has 2 N–H and O–H groups in total. The fourth-order valence-corrected chi connectivity index (χ4v) is 1.91. The molecular formula is C13H23N3O3. The molecule has 0 amide bonds. The van der Waals surface area contributed by atoms with Gasteiger partial charge in [0.2, 0.25) is 0 Å². The van der Waals surface area contributed by atoms with Gasteiger partial charge in [-0.2, -0.15) is 5.10 Å². The van der Waals surface area contributed by atoms with Gasteiger partial charge in [0.05, 0.1) is 5.69 Å². The van der Waals surface area contributed by atoms with Crippen LogP contribution in [0.15, 0.2) is 0 Å². The molecule has 0 aromatic carbocycles. The summed E-state index contributed by atoms with van der Waals surface area (Å²) in [6, 6.07) is 0. The van der Waals surface area contributed by atoms with Gasteiger partial charge in [-0.3, -0.25) is 4.68 Å². The van der Waals surface area contributed by atoms with E-state index in [4.69, 9.17) is 4.74 Å². The van der Waals surface area contributed by atoms with E-state index in [2.05, 4.69) is 24.3 Å². The number of hydrogen-bond donors (Lipinski definition) is 2. The Morgan fingerprint density at radius 2 is 2.16 bits per heavy atom. The summed E-state index contributed by atoms with van der Waals surface area (Å²) in [4.78, 5) is 11.2. The number of nitrogens with zero attached hydrogens (tertiary/aromatic N) is 2. The molecule has 0 spiro atoms. The second-order valence-electron chi connectivity index (χ2n) is 5.50. The van der Waals surface area contributed by atoms with E-state index < -0.39 is 5.97 Å². The summed E-state index contributed by atoms with van der Waals surface area (Å²) >= 11 is 0. The minimum Gasteiger partial charge on any atom is -0.477 e. The number of methoxy groups -OCH3 is 1. The fourth-order valence-electron chi connectivity index (χ4n) is 1.91. The highest BCUT2D eigenvalue weighted by Gasteiger charge is 2.23. The van der Waals surface area contributed by atoms with E-state index in [1.165, 1.54) is 0 Å². The summed E-state index contributed by atoms with van der Waals surface area (Å²) in [5, 5.41) is 16.6. The van der Waals surface area contributed by atoms with Crippen LogP contribution in [0.2, 0.25) is 0 Å². The molecule has 0 aliphatic rings. The van der Waals surface area contributed by atoms with Crippen LogP contribution in [0.1, 0.15) is 36.3 Å². The number of nitrogens with one attached hydrogen (secondary N) is 1.